The number of benzene rings is 3. The van der Waals surface area contributed by atoms with E-state index in [4.69, 9.17) is 0 Å². The number of amides is 1. The lowest BCUT2D eigenvalue weighted by Crippen LogP contribution is -2.13. The van der Waals surface area contributed by atoms with Crippen LogP contribution in [0.2, 0.25) is 0 Å². The molecule has 0 saturated carbocycles. The molecule has 0 fully saturated rings. The van der Waals surface area contributed by atoms with Crippen molar-refractivity contribution in [2.75, 3.05) is 11.1 Å². The van der Waals surface area contributed by atoms with Gasteiger partial charge in [-0.2, -0.15) is 0 Å². The van der Waals surface area contributed by atoms with Crippen molar-refractivity contribution in [3.05, 3.63) is 95.1 Å². The van der Waals surface area contributed by atoms with E-state index in [1.54, 1.807) is 0 Å². The molecular formula is C23H21NO2S. The Morgan fingerprint density at radius 3 is 2.19 bits per heavy atom. The van der Waals surface area contributed by atoms with E-state index in [1.807, 2.05) is 86.6 Å². The lowest BCUT2D eigenvalue weighted by molar-refractivity contribution is 0.101. The first-order valence-corrected chi connectivity index (χ1v) is 9.71. The van der Waals surface area contributed by atoms with Crippen molar-refractivity contribution in [2.24, 2.45) is 0 Å². The number of nitrogens with one attached hydrogen (secondary N) is 1. The summed E-state index contributed by atoms with van der Waals surface area (Å²) >= 11 is 1.49. The fraction of sp³-hybridized carbons (Fsp3) is 0.130. The standard InChI is InChI=1S/C23H21NO2S/c1-16-7-9-18(10-8-16)22(25)15-27-20-13-11-19(12-14-20)24-23(26)21-6-4-3-5-17(21)2/h3-14H,15H2,1-2H3,(H,24,26). The minimum Gasteiger partial charge on any atom is -0.322 e. The third-order valence-corrected chi connectivity index (χ3v) is 5.26. The zero-order valence-electron chi connectivity index (χ0n) is 15.4. The van der Waals surface area contributed by atoms with Gasteiger partial charge in [0.25, 0.3) is 5.91 Å². The van der Waals surface area contributed by atoms with Crippen LogP contribution in [-0.2, 0) is 0 Å². The highest BCUT2D eigenvalue weighted by Crippen LogP contribution is 2.22. The summed E-state index contributed by atoms with van der Waals surface area (Å²) in [5.41, 5.74) is 4.21. The first kappa shape index (κ1) is 18.9. The molecule has 0 aliphatic carbocycles. The van der Waals surface area contributed by atoms with E-state index in [-0.39, 0.29) is 11.7 Å². The first-order valence-electron chi connectivity index (χ1n) is 8.72. The van der Waals surface area contributed by atoms with Crippen LogP contribution in [-0.4, -0.2) is 17.4 Å². The number of aryl methyl sites for hydroxylation is 2. The molecule has 3 aromatic carbocycles. The zero-order valence-corrected chi connectivity index (χ0v) is 16.2. The summed E-state index contributed by atoms with van der Waals surface area (Å²) < 4.78 is 0. The monoisotopic (exact) mass is 375 g/mol. The van der Waals surface area contributed by atoms with Crippen molar-refractivity contribution in [1.82, 2.24) is 0 Å². The van der Waals surface area contributed by atoms with Crippen LogP contribution in [0.3, 0.4) is 0 Å². The quantitative estimate of drug-likeness (QED) is 0.455. The van der Waals surface area contributed by atoms with Gasteiger partial charge < -0.3 is 5.32 Å². The summed E-state index contributed by atoms with van der Waals surface area (Å²) in [6.07, 6.45) is 0. The molecule has 0 saturated heterocycles. The number of hydrogen-bond acceptors (Lipinski definition) is 3. The lowest BCUT2D eigenvalue weighted by Gasteiger charge is -2.08. The number of hydrogen-bond donors (Lipinski definition) is 1. The maximum absolute atomic E-state index is 12.4. The van der Waals surface area contributed by atoms with Crippen LogP contribution in [0.1, 0.15) is 31.8 Å². The summed E-state index contributed by atoms with van der Waals surface area (Å²) in [7, 11) is 0. The molecule has 27 heavy (non-hydrogen) atoms. The average Bonchev–Trinajstić information content (AvgIpc) is 2.68. The Kier molecular flexibility index (Phi) is 6.09. The molecule has 0 aliphatic heterocycles. The van der Waals surface area contributed by atoms with Crippen molar-refractivity contribution >= 4 is 29.1 Å². The van der Waals surface area contributed by atoms with E-state index < -0.39 is 0 Å². The van der Waals surface area contributed by atoms with Crippen LogP contribution >= 0.6 is 11.8 Å². The van der Waals surface area contributed by atoms with Gasteiger partial charge in [0.15, 0.2) is 5.78 Å². The van der Waals surface area contributed by atoms with Crippen molar-refractivity contribution in [3.8, 4) is 0 Å². The Balaban J connectivity index is 1.57. The second-order valence-corrected chi connectivity index (χ2v) is 7.42. The van der Waals surface area contributed by atoms with E-state index in [9.17, 15) is 9.59 Å². The Bertz CT molecular complexity index is 947. The molecule has 136 valence electrons. The molecule has 0 aromatic heterocycles. The maximum Gasteiger partial charge on any atom is 0.255 e. The summed E-state index contributed by atoms with van der Waals surface area (Å²) in [5.74, 6) is 0.373. The molecule has 3 rings (SSSR count). The highest BCUT2D eigenvalue weighted by molar-refractivity contribution is 8.00. The first-order chi connectivity index (χ1) is 13.0. The van der Waals surface area contributed by atoms with Crippen molar-refractivity contribution < 1.29 is 9.59 Å². The van der Waals surface area contributed by atoms with E-state index in [0.717, 1.165) is 27.3 Å². The number of carbonyl (C=O) groups excluding carboxylic acids is 2. The largest absolute Gasteiger partial charge is 0.322 e. The maximum atomic E-state index is 12.4. The second-order valence-electron chi connectivity index (χ2n) is 6.37. The highest BCUT2D eigenvalue weighted by atomic mass is 32.2. The molecule has 3 nitrogen and oxygen atoms in total. The molecule has 0 aliphatic rings. The molecular weight excluding hydrogens is 354 g/mol. The van der Waals surface area contributed by atoms with Gasteiger partial charge in [-0.3, -0.25) is 9.59 Å². The number of carbonyl (C=O) groups is 2. The van der Waals surface area contributed by atoms with E-state index in [1.165, 1.54) is 11.8 Å². The van der Waals surface area contributed by atoms with Gasteiger partial charge in [-0.1, -0.05) is 48.0 Å². The van der Waals surface area contributed by atoms with Crippen LogP contribution < -0.4 is 5.32 Å². The number of anilines is 1. The molecule has 0 bridgehead atoms. The van der Waals surface area contributed by atoms with Crippen molar-refractivity contribution in [2.45, 2.75) is 18.7 Å². The molecule has 3 aromatic rings. The van der Waals surface area contributed by atoms with Crippen LogP contribution in [0, 0.1) is 13.8 Å². The molecule has 0 heterocycles. The molecule has 1 amide bonds. The average molecular weight is 375 g/mol. The van der Waals surface area contributed by atoms with Crippen LogP contribution in [0.5, 0.6) is 0 Å². The highest BCUT2D eigenvalue weighted by Gasteiger charge is 2.09. The van der Waals surface area contributed by atoms with Gasteiger partial charge in [-0.15, -0.1) is 11.8 Å². The lowest BCUT2D eigenvalue weighted by atomic mass is 10.1. The number of ketones is 1. The third kappa shape index (κ3) is 5.08. The van der Waals surface area contributed by atoms with Crippen LogP contribution in [0.25, 0.3) is 0 Å². The van der Waals surface area contributed by atoms with Crippen molar-refractivity contribution in [3.63, 3.8) is 0 Å². The fourth-order valence-corrected chi connectivity index (χ4v) is 3.43. The smallest absolute Gasteiger partial charge is 0.255 e. The van der Waals surface area contributed by atoms with Gasteiger partial charge in [0.1, 0.15) is 0 Å². The van der Waals surface area contributed by atoms with Gasteiger partial charge in [0.05, 0.1) is 5.75 Å². The topological polar surface area (TPSA) is 46.2 Å². The number of thioether (sulfide) groups is 1. The summed E-state index contributed by atoms with van der Waals surface area (Å²) in [6.45, 7) is 3.92. The van der Waals surface area contributed by atoms with Crippen LogP contribution in [0.4, 0.5) is 5.69 Å². The Morgan fingerprint density at radius 2 is 1.52 bits per heavy atom. The van der Waals surface area contributed by atoms with Gasteiger partial charge in [-0.25, -0.2) is 0 Å². The molecule has 0 radical (unpaired) electrons. The zero-order chi connectivity index (χ0) is 19.2. The Labute approximate surface area is 163 Å². The second kappa shape index (κ2) is 8.69. The van der Waals surface area contributed by atoms with Gasteiger partial charge in [0.2, 0.25) is 0 Å². The number of Topliss-reactive ketones (excluding diaryl/α,β-unsaturated/α-hetero) is 1. The van der Waals surface area contributed by atoms with E-state index in [0.29, 0.717) is 11.3 Å². The predicted octanol–water partition coefficient (Wildman–Crippen LogP) is 5.53. The SMILES string of the molecule is Cc1ccc(C(=O)CSc2ccc(NC(=O)c3ccccc3C)cc2)cc1. The summed E-state index contributed by atoms with van der Waals surface area (Å²) in [6, 6.07) is 22.7. The molecule has 0 unspecified atom stereocenters. The number of rotatable bonds is 6. The third-order valence-electron chi connectivity index (χ3n) is 4.25. The van der Waals surface area contributed by atoms with Crippen LogP contribution in [0.15, 0.2) is 77.7 Å². The summed E-state index contributed by atoms with van der Waals surface area (Å²) in [4.78, 5) is 25.6. The predicted molar refractivity (Wildman–Crippen MR) is 112 cm³/mol. The van der Waals surface area contributed by atoms with Gasteiger partial charge in [-0.05, 0) is 49.7 Å². The Morgan fingerprint density at radius 1 is 0.852 bits per heavy atom. The Hall–Kier alpha value is -2.85. The molecule has 4 heteroatoms. The summed E-state index contributed by atoms with van der Waals surface area (Å²) in [5, 5.41) is 2.91. The molecule has 0 atom stereocenters. The minimum atomic E-state index is -0.122. The van der Waals surface area contributed by atoms with E-state index >= 15 is 0 Å². The van der Waals surface area contributed by atoms with Gasteiger partial charge >= 0.3 is 0 Å². The molecule has 1 N–H and O–H groups in total. The van der Waals surface area contributed by atoms with E-state index in [2.05, 4.69) is 5.32 Å². The normalized spacial score (nSPS) is 10.4. The fourth-order valence-electron chi connectivity index (χ4n) is 2.63. The van der Waals surface area contributed by atoms with Crippen molar-refractivity contribution in [1.29, 1.82) is 0 Å². The molecule has 0 spiro atoms. The minimum absolute atomic E-state index is 0.108. The van der Waals surface area contributed by atoms with Gasteiger partial charge in [0, 0.05) is 21.7 Å².